The molecule has 2 aliphatic rings. The molecule has 1 N–H and O–H groups in total. The van der Waals surface area contributed by atoms with Crippen LogP contribution in [-0.2, 0) is 37.0 Å². The zero-order valence-electron chi connectivity index (χ0n) is 41.8. The molecule has 14 nitrogen and oxygen atoms in total. The van der Waals surface area contributed by atoms with Gasteiger partial charge in [-0.05, 0) is 32.5 Å². The molecule has 0 amide bonds. The van der Waals surface area contributed by atoms with Crippen LogP contribution in [-0.4, -0.2) is 75.0 Å². The maximum Gasteiger partial charge on any atom is 1.00 e. The number of rotatable bonds is 10. The molecule has 8 aromatic rings. The molecule has 0 aliphatic carbocycles. The minimum absolute atomic E-state index is 0. The van der Waals surface area contributed by atoms with Gasteiger partial charge in [0, 0.05) is 15.6 Å². The Morgan fingerprint density at radius 3 is 0.733 bits per heavy atom. The van der Waals surface area contributed by atoms with Gasteiger partial charge in [-0.1, -0.05) is 243 Å². The number of hydrogen-bond acceptors (Lipinski definition) is 14. The fourth-order valence-electron chi connectivity index (χ4n) is 8.32. The molecular formula is C49H44Na4O14Si8. The van der Waals surface area contributed by atoms with Crippen molar-refractivity contribution in [1.82, 2.24) is 0 Å². The molecule has 2 fully saturated rings. The van der Waals surface area contributed by atoms with Gasteiger partial charge in [-0.2, -0.15) is 0 Å². The van der Waals surface area contributed by atoms with Crippen LogP contribution in [0, 0.1) is 0 Å². The van der Waals surface area contributed by atoms with Gasteiger partial charge in [-0.3, -0.25) is 0 Å². The summed E-state index contributed by atoms with van der Waals surface area (Å²) in [5, 5.41) is 0.607. The van der Waals surface area contributed by atoms with Gasteiger partial charge in [-0.25, -0.2) is 0 Å². The van der Waals surface area contributed by atoms with E-state index in [1.165, 1.54) is 48.5 Å². The quantitative estimate of drug-likeness (QED) is 0.127. The van der Waals surface area contributed by atoms with E-state index in [-0.39, 0.29) is 155 Å². The Balaban J connectivity index is 0.00000229. The van der Waals surface area contributed by atoms with E-state index in [1.807, 2.05) is 0 Å². The summed E-state index contributed by atoms with van der Waals surface area (Å²) in [7, 11) is -42.3. The van der Waals surface area contributed by atoms with Gasteiger partial charge in [-0.15, -0.1) is 0 Å². The van der Waals surface area contributed by atoms with Crippen LogP contribution in [0.25, 0.3) is 0 Å². The van der Waals surface area contributed by atoms with Crippen LogP contribution < -0.4 is 179 Å². The second-order valence-electron chi connectivity index (χ2n) is 16.7. The molecule has 0 radical (unpaired) electrons. The molecular weight excluding hydrogens is 1130 g/mol. The standard InChI is InChI=1S/C49H44O14Si8.4Na/c1-64(42-26-10-2-11-27-42)55-65(50,43-28-12-3-13-29-43)59-70(48-38-22-8-23-39-48,60-66(51,56-64)44-30-14-4-15-31-44)63-71(49-40-24-9-25-41-49)61-68(53,46-34-18-6-19-35-46)57-67(52,45-32-16-5-17-33-45)58-69(54,62-71)47-36-20-7-21-37-47;;;;/h2-41,52H,1H3;;;;/q-4;4*+1. The first-order valence-corrected chi connectivity index (χ1v) is 36.9. The summed E-state index contributed by atoms with van der Waals surface area (Å²) in [4.78, 5) is 78.8. The van der Waals surface area contributed by atoms with Crippen LogP contribution in [0.5, 0.6) is 0 Å². The van der Waals surface area contributed by atoms with E-state index in [9.17, 15) is 4.80 Å². The Labute approximate surface area is 533 Å². The third kappa shape index (κ3) is 13.5. The molecule has 4 unspecified atom stereocenters. The Hall–Kier alpha value is -1.06. The Morgan fingerprint density at radius 1 is 0.280 bits per heavy atom. The first-order chi connectivity index (χ1) is 34.2. The van der Waals surface area contributed by atoms with E-state index in [1.54, 1.807) is 201 Å². The van der Waals surface area contributed by atoms with Crippen molar-refractivity contribution in [3.63, 3.8) is 0 Å². The number of benzene rings is 8. The van der Waals surface area contributed by atoms with E-state index in [0.717, 1.165) is 0 Å². The van der Waals surface area contributed by atoms with E-state index in [4.69, 9.17) is 37.0 Å². The normalized spacial score (nSPS) is 29.6. The van der Waals surface area contributed by atoms with Gasteiger partial charge >= 0.3 is 153 Å². The minimum Gasteiger partial charge on any atom is -0.814 e. The van der Waals surface area contributed by atoms with Crippen molar-refractivity contribution in [2.24, 2.45) is 0 Å². The van der Waals surface area contributed by atoms with Gasteiger partial charge in [0.2, 0.25) is 0 Å². The van der Waals surface area contributed by atoms with Crippen LogP contribution in [0.4, 0.5) is 0 Å². The van der Waals surface area contributed by atoms with Crippen molar-refractivity contribution >= 4 is 112 Å². The van der Waals surface area contributed by atoms with Crippen LogP contribution in [0.1, 0.15) is 0 Å². The summed E-state index contributed by atoms with van der Waals surface area (Å²) in [6.07, 6.45) is 0. The third-order valence-electron chi connectivity index (χ3n) is 11.7. The van der Waals surface area contributed by atoms with Crippen molar-refractivity contribution in [3.8, 4) is 0 Å². The van der Waals surface area contributed by atoms with Crippen LogP contribution in [0.15, 0.2) is 243 Å². The summed E-state index contributed by atoms with van der Waals surface area (Å²) >= 11 is 0. The van der Waals surface area contributed by atoms with Gasteiger partial charge in [0.1, 0.15) is 0 Å². The van der Waals surface area contributed by atoms with E-state index in [0.29, 0.717) is 5.19 Å². The Morgan fingerprint density at radius 2 is 0.480 bits per heavy atom. The molecule has 10 rings (SSSR count). The van der Waals surface area contributed by atoms with E-state index >= 15 is 19.2 Å². The smallest absolute Gasteiger partial charge is 0.814 e. The summed E-state index contributed by atoms with van der Waals surface area (Å²) in [6.45, 7) is 1.61. The molecule has 0 bridgehead atoms. The van der Waals surface area contributed by atoms with Crippen LogP contribution >= 0.6 is 0 Å². The van der Waals surface area contributed by atoms with Crippen molar-refractivity contribution in [3.05, 3.63) is 243 Å². The van der Waals surface area contributed by atoms with E-state index in [2.05, 4.69) is 0 Å². The average molecular weight is 1170 g/mol. The molecule has 0 spiro atoms. The van der Waals surface area contributed by atoms with Crippen LogP contribution in [0.3, 0.4) is 0 Å². The maximum absolute atomic E-state index is 16.6. The molecule has 360 valence electrons. The second kappa shape index (κ2) is 26.2. The Bertz CT molecular complexity index is 2730. The first kappa shape index (κ1) is 63.1. The predicted molar refractivity (Wildman–Crippen MR) is 272 cm³/mol. The fraction of sp³-hybridized carbons (Fsp3) is 0.0204. The SMILES string of the molecule is C[Si]1(c2ccccc2)O[Si]([O-])(c2ccccc2)O[Si](O[Si]2(c3ccccc3)O[Si]([O-])(c3ccccc3)O[Si](O)(c3ccccc3)O[Si]([O-])(c3ccccc3)O2)(c2ccccc2)O[Si]([O-])(c2ccccc2)O1.[Na+].[Na+].[Na+].[Na+]. The third-order valence-corrected chi connectivity index (χ3v) is 40.8. The summed E-state index contributed by atoms with van der Waals surface area (Å²) < 4.78 is 62.9. The summed E-state index contributed by atoms with van der Waals surface area (Å²) in [6, 6.07) is 64.7. The van der Waals surface area contributed by atoms with Crippen molar-refractivity contribution in [2.45, 2.75) is 6.55 Å². The zero-order chi connectivity index (χ0) is 49.3. The second-order valence-corrected chi connectivity index (χ2v) is 38.4. The summed E-state index contributed by atoms with van der Waals surface area (Å²) in [5.41, 5.74) is 0. The molecule has 2 saturated heterocycles. The monoisotopic (exact) mass is 1170 g/mol. The molecule has 4 atom stereocenters. The molecule has 0 aromatic heterocycles. The molecule has 0 saturated carbocycles. The van der Waals surface area contributed by atoms with Crippen molar-refractivity contribution in [2.75, 3.05) is 0 Å². The van der Waals surface area contributed by atoms with E-state index < -0.39 is 70.2 Å². The predicted octanol–water partition coefficient (Wildman–Crippen LogP) is -13.5. The first-order valence-electron chi connectivity index (χ1n) is 22.5. The van der Waals surface area contributed by atoms with Gasteiger partial charge in [0.05, 0.1) is 0 Å². The molecule has 8 aromatic carbocycles. The van der Waals surface area contributed by atoms with Crippen LogP contribution in [0.2, 0.25) is 6.55 Å². The minimum atomic E-state index is -5.61. The molecule has 26 heteroatoms. The van der Waals surface area contributed by atoms with Gasteiger partial charge < -0.3 is 61.0 Å². The summed E-state index contributed by atoms with van der Waals surface area (Å²) in [5.74, 6) is 0. The van der Waals surface area contributed by atoms with Crippen molar-refractivity contribution < 1.29 is 179 Å². The van der Waals surface area contributed by atoms with Crippen molar-refractivity contribution in [1.29, 1.82) is 0 Å². The molecule has 2 heterocycles. The maximum atomic E-state index is 16.6. The average Bonchev–Trinajstić information content (AvgIpc) is 3.40. The number of hydrogen-bond donors (Lipinski definition) is 1. The zero-order valence-corrected chi connectivity index (χ0v) is 57.8. The van der Waals surface area contributed by atoms with Gasteiger partial charge in [0.25, 0.3) is 35.2 Å². The van der Waals surface area contributed by atoms with Gasteiger partial charge in [0.15, 0.2) is 0 Å². The Kier molecular flexibility index (Phi) is 22.1. The largest absolute Gasteiger partial charge is 1.00 e. The topological polar surface area (TPSA) is 196 Å². The molecule has 75 heavy (non-hydrogen) atoms. The molecule has 2 aliphatic heterocycles. The fourth-order valence-corrected chi connectivity index (χ4v) is 42.4.